The fraction of sp³-hybridized carbons (Fsp3) is 0.727. The summed E-state index contributed by atoms with van der Waals surface area (Å²) in [5.41, 5.74) is 1.70. The van der Waals surface area contributed by atoms with E-state index in [9.17, 15) is 10.2 Å². The molecule has 26 heavy (non-hydrogen) atoms. The van der Waals surface area contributed by atoms with Gasteiger partial charge in [-0.1, -0.05) is 6.07 Å². The third-order valence-corrected chi connectivity index (χ3v) is 8.03. The molecule has 2 bridgehead atoms. The summed E-state index contributed by atoms with van der Waals surface area (Å²) in [5, 5.41) is 22.4. The fourth-order valence-corrected chi connectivity index (χ4v) is 6.37. The summed E-state index contributed by atoms with van der Waals surface area (Å²) in [5.74, 6) is 1.19. The second-order valence-electron chi connectivity index (χ2n) is 9.62. The number of hydrogen-bond donors (Lipinski definition) is 2. The van der Waals surface area contributed by atoms with E-state index >= 15 is 0 Å². The van der Waals surface area contributed by atoms with Crippen LogP contribution in [0.5, 0.6) is 5.75 Å². The summed E-state index contributed by atoms with van der Waals surface area (Å²) in [7, 11) is 4.33. The second kappa shape index (κ2) is 5.70. The lowest BCUT2D eigenvalue weighted by Gasteiger charge is -2.65. The number of rotatable bonds is 3. The van der Waals surface area contributed by atoms with Gasteiger partial charge >= 0.3 is 0 Å². The maximum Gasteiger partial charge on any atom is 0.115 e. The average molecular weight is 357 g/mol. The third kappa shape index (κ3) is 2.31. The molecule has 4 atom stereocenters. The largest absolute Gasteiger partial charge is 0.508 e. The predicted octanol–water partition coefficient (Wildman–Crippen LogP) is 2.52. The van der Waals surface area contributed by atoms with E-state index in [-0.39, 0.29) is 11.5 Å². The summed E-state index contributed by atoms with van der Waals surface area (Å²) < 4.78 is 0. The molecule has 2 saturated carbocycles. The molecule has 1 saturated heterocycles. The molecule has 1 heterocycles. The minimum absolute atomic E-state index is 0.211. The molecular weight excluding hydrogens is 324 g/mol. The van der Waals surface area contributed by atoms with Gasteiger partial charge in [0.05, 0.1) is 5.60 Å². The first-order valence-electron chi connectivity index (χ1n) is 10.4. The number of hydrogen-bond acceptors (Lipinski definition) is 4. The highest BCUT2D eigenvalue weighted by molar-refractivity contribution is 5.48. The van der Waals surface area contributed by atoms with Gasteiger partial charge in [0.1, 0.15) is 5.75 Å². The Labute approximate surface area is 156 Å². The van der Waals surface area contributed by atoms with E-state index in [4.69, 9.17) is 0 Å². The Balaban J connectivity index is 1.62. The number of phenols is 1. The highest BCUT2D eigenvalue weighted by Gasteiger charge is 2.64. The van der Waals surface area contributed by atoms with Gasteiger partial charge in [0.15, 0.2) is 0 Å². The van der Waals surface area contributed by atoms with Gasteiger partial charge in [-0.15, -0.1) is 0 Å². The molecule has 1 aromatic rings. The summed E-state index contributed by atoms with van der Waals surface area (Å²) in [6, 6.07) is 6.63. The lowest BCUT2D eigenvalue weighted by Crippen LogP contribution is -2.74. The van der Waals surface area contributed by atoms with Gasteiger partial charge in [-0.3, -0.25) is 4.90 Å². The Kier molecular flexibility index (Phi) is 3.73. The van der Waals surface area contributed by atoms with Crippen molar-refractivity contribution in [3.63, 3.8) is 0 Å². The van der Waals surface area contributed by atoms with Crippen LogP contribution in [0.2, 0.25) is 0 Å². The van der Waals surface area contributed by atoms with Crippen LogP contribution in [-0.2, 0) is 11.8 Å². The minimum Gasteiger partial charge on any atom is -0.508 e. The SMILES string of the molecule is CN(C)[C@H]1CC[C@]2(O)[C@@H]3Cc4ccc(O)cc4[C@]2(CCN3CC2CC2)C1. The summed E-state index contributed by atoms with van der Waals surface area (Å²) in [6.07, 6.45) is 7.59. The number of piperidine rings is 1. The molecule has 3 fully saturated rings. The van der Waals surface area contributed by atoms with Crippen molar-refractivity contribution in [3.8, 4) is 5.75 Å². The molecule has 2 N–H and O–H groups in total. The topological polar surface area (TPSA) is 46.9 Å². The first-order chi connectivity index (χ1) is 12.4. The minimum atomic E-state index is -0.659. The highest BCUT2D eigenvalue weighted by atomic mass is 16.3. The van der Waals surface area contributed by atoms with Crippen molar-refractivity contribution >= 4 is 0 Å². The number of likely N-dealkylation sites (tertiary alicyclic amines) is 1. The van der Waals surface area contributed by atoms with Crippen LogP contribution in [0, 0.1) is 5.92 Å². The Bertz CT molecular complexity index is 716. The Morgan fingerprint density at radius 1 is 1.19 bits per heavy atom. The maximum atomic E-state index is 12.2. The van der Waals surface area contributed by atoms with Crippen LogP contribution in [0.25, 0.3) is 0 Å². The van der Waals surface area contributed by atoms with Crippen LogP contribution in [-0.4, -0.2) is 64.9 Å². The lowest BCUT2D eigenvalue weighted by molar-refractivity contribution is -0.175. The summed E-state index contributed by atoms with van der Waals surface area (Å²) in [6.45, 7) is 2.24. The zero-order chi connectivity index (χ0) is 18.1. The zero-order valence-electron chi connectivity index (χ0n) is 16.1. The summed E-state index contributed by atoms with van der Waals surface area (Å²) >= 11 is 0. The Morgan fingerprint density at radius 2 is 2.00 bits per heavy atom. The lowest BCUT2D eigenvalue weighted by atomic mass is 9.48. The van der Waals surface area contributed by atoms with Gasteiger partial charge in [0.25, 0.3) is 0 Å². The number of benzene rings is 1. The van der Waals surface area contributed by atoms with Crippen molar-refractivity contribution in [2.75, 3.05) is 27.2 Å². The molecule has 5 rings (SSSR count). The monoisotopic (exact) mass is 356 g/mol. The zero-order valence-corrected chi connectivity index (χ0v) is 16.1. The van der Waals surface area contributed by atoms with Crippen LogP contribution in [0.4, 0.5) is 0 Å². The van der Waals surface area contributed by atoms with Gasteiger partial charge in [0.2, 0.25) is 0 Å². The molecule has 4 heteroatoms. The normalized spacial score (nSPS) is 39.5. The Hall–Kier alpha value is -1.10. The van der Waals surface area contributed by atoms with Crippen molar-refractivity contribution in [1.29, 1.82) is 0 Å². The first kappa shape index (κ1) is 17.0. The molecule has 0 amide bonds. The molecule has 0 radical (unpaired) electrons. The van der Waals surface area contributed by atoms with Crippen LogP contribution >= 0.6 is 0 Å². The van der Waals surface area contributed by atoms with Crippen LogP contribution in [0.3, 0.4) is 0 Å². The molecule has 4 aliphatic rings. The summed E-state index contributed by atoms with van der Waals surface area (Å²) in [4.78, 5) is 4.94. The Morgan fingerprint density at radius 3 is 2.73 bits per heavy atom. The van der Waals surface area contributed by atoms with Crippen molar-refractivity contribution in [1.82, 2.24) is 9.80 Å². The smallest absolute Gasteiger partial charge is 0.115 e. The van der Waals surface area contributed by atoms with Crippen molar-refractivity contribution in [3.05, 3.63) is 29.3 Å². The van der Waals surface area contributed by atoms with E-state index in [1.54, 1.807) is 0 Å². The fourth-order valence-electron chi connectivity index (χ4n) is 6.37. The molecule has 0 unspecified atom stereocenters. The third-order valence-electron chi connectivity index (χ3n) is 8.03. The molecule has 0 spiro atoms. The standard InChI is InChI=1S/C22H32N2O2/c1-23(2)17-7-8-22(26)20-11-16-5-6-18(25)12-19(16)21(22,13-17)9-10-24(20)14-15-3-4-15/h5-6,12,15,17,20,25-26H,3-4,7-11,13-14H2,1-2H3/t17-,20-,21-,22-/m0/s1. The van der Waals surface area contributed by atoms with Gasteiger partial charge in [-0.2, -0.15) is 0 Å². The van der Waals surface area contributed by atoms with Crippen molar-refractivity contribution in [2.24, 2.45) is 5.92 Å². The van der Waals surface area contributed by atoms with E-state index < -0.39 is 5.60 Å². The van der Waals surface area contributed by atoms with Gasteiger partial charge in [-0.05, 0) is 94.8 Å². The molecule has 4 nitrogen and oxygen atoms in total. The predicted molar refractivity (Wildman–Crippen MR) is 102 cm³/mol. The quantitative estimate of drug-likeness (QED) is 0.874. The van der Waals surface area contributed by atoms with Gasteiger partial charge in [-0.25, -0.2) is 0 Å². The molecule has 3 aliphatic carbocycles. The number of nitrogens with zero attached hydrogens (tertiary/aromatic N) is 2. The number of phenolic OH excluding ortho intramolecular Hbond substituents is 1. The number of aliphatic hydroxyl groups is 1. The van der Waals surface area contributed by atoms with Crippen LogP contribution in [0.15, 0.2) is 18.2 Å². The van der Waals surface area contributed by atoms with E-state index in [2.05, 4.69) is 30.0 Å². The molecule has 0 aromatic heterocycles. The molecule has 1 aliphatic heterocycles. The van der Waals surface area contributed by atoms with Crippen LogP contribution < -0.4 is 0 Å². The van der Waals surface area contributed by atoms with E-state index in [0.717, 1.165) is 51.1 Å². The van der Waals surface area contributed by atoms with E-state index in [1.165, 1.54) is 24.0 Å². The number of fused-ring (bicyclic) bond motifs is 1. The van der Waals surface area contributed by atoms with Gasteiger partial charge < -0.3 is 15.1 Å². The maximum absolute atomic E-state index is 12.2. The molecule has 142 valence electrons. The highest BCUT2D eigenvalue weighted by Crippen LogP contribution is 2.59. The van der Waals surface area contributed by atoms with Crippen LogP contribution in [0.1, 0.15) is 49.7 Å². The van der Waals surface area contributed by atoms with E-state index in [0.29, 0.717) is 11.8 Å². The first-order valence-corrected chi connectivity index (χ1v) is 10.4. The van der Waals surface area contributed by atoms with Gasteiger partial charge in [0, 0.05) is 24.0 Å². The van der Waals surface area contributed by atoms with Crippen molar-refractivity contribution < 1.29 is 10.2 Å². The molecule has 1 aromatic carbocycles. The van der Waals surface area contributed by atoms with Crippen molar-refractivity contribution in [2.45, 2.75) is 68.0 Å². The average Bonchev–Trinajstić information content (AvgIpc) is 3.41. The second-order valence-corrected chi connectivity index (χ2v) is 9.62. The van der Waals surface area contributed by atoms with E-state index in [1.807, 2.05) is 12.1 Å². The molecular formula is C22H32N2O2. The number of aromatic hydroxyl groups is 1.